The topological polar surface area (TPSA) is 29.3 Å². The molecule has 0 spiro atoms. The molecule has 0 aliphatic rings. The molecule has 0 atom stereocenters. The molecule has 0 aliphatic carbocycles. The van der Waals surface area contributed by atoms with Crippen LogP contribution >= 0.6 is 0 Å². The Balaban J connectivity index is 2.78. The maximum atomic E-state index is 6.04. The van der Waals surface area contributed by atoms with Crippen LogP contribution in [0.4, 0.5) is 0 Å². The summed E-state index contributed by atoms with van der Waals surface area (Å²) >= 11 is 0. The Morgan fingerprint density at radius 2 is 1.59 bits per heavy atom. The van der Waals surface area contributed by atoms with Crippen molar-refractivity contribution in [3.8, 4) is 0 Å². The van der Waals surface area contributed by atoms with E-state index in [2.05, 4.69) is 58.7 Å². The van der Waals surface area contributed by atoms with Gasteiger partial charge < -0.3 is 10.6 Å². The monoisotopic (exact) mass is 234 g/mol. The average Bonchev–Trinajstić information content (AvgIpc) is 2.11. The van der Waals surface area contributed by atoms with Crippen LogP contribution in [0.1, 0.15) is 36.1 Å². The molecule has 0 heterocycles. The van der Waals surface area contributed by atoms with Crippen molar-refractivity contribution in [1.82, 2.24) is 4.90 Å². The molecule has 0 radical (unpaired) electrons. The van der Waals surface area contributed by atoms with Gasteiger partial charge >= 0.3 is 0 Å². The Kier molecular flexibility index (Phi) is 4.34. The predicted molar refractivity (Wildman–Crippen MR) is 75.3 cm³/mol. The fraction of sp³-hybridized carbons (Fsp3) is 0.600. The average molecular weight is 234 g/mol. The maximum Gasteiger partial charge on any atom is 0.0234 e. The molecule has 1 rings (SSSR count). The van der Waals surface area contributed by atoms with Gasteiger partial charge in [-0.15, -0.1) is 0 Å². The van der Waals surface area contributed by atoms with Crippen molar-refractivity contribution in [2.45, 2.75) is 46.7 Å². The van der Waals surface area contributed by atoms with Crippen molar-refractivity contribution in [2.75, 3.05) is 13.6 Å². The normalized spacial score (nSPS) is 12.2. The minimum Gasteiger partial charge on any atom is -0.324 e. The van der Waals surface area contributed by atoms with E-state index in [0.29, 0.717) is 0 Å². The van der Waals surface area contributed by atoms with E-state index in [1.807, 2.05) is 0 Å². The van der Waals surface area contributed by atoms with Gasteiger partial charge in [0.25, 0.3) is 0 Å². The second-order valence-corrected chi connectivity index (χ2v) is 6.02. The van der Waals surface area contributed by atoms with E-state index in [1.54, 1.807) is 0 Å². The summed E-state index contributed by atoms with van der Waals surface area (Å²) in [7, 11) is 2.13. The largest absolute Gasteiger partial charge is 0.324 e. The summed E-state index contributed by atoms with van der Waals surface area (Å²) in [6, 6.07) is 4.57. The van der Waals surface area contributed by atoms with E-state index in [-0.39, 0.29) is 5.54 Å². The third-order valence-electron chi connectivity index (χ3n) is 3.07. The number of benzene rings is 1. The highest BCUT2D eigenvalue weighted by atomic mass is 15.1. The maximum absolute atomic E-state index is 6.04. The first-order valence-corrected chi connectivity index (χ1v) is 6.23. The number of rotatable bonds is 4. The number of nitrogens with zero attached hydrogens (tertiary/aromatic N) is 1. The van der Waals surface area contributed by atoms with Gasteiger partial charge in [-0.1, -0.05) is 12.1 Å². The molecule has 2 N–H and O–H groups in total. The number of aryl methyl sites for hydroxylation is 3. The lowest BCUT2D eigenvalue weighted by atomic mass is 10.00. The molecule has 0 unspecified atom stereocenters. The highest BCUT2D eigenvalue weighted by Crippen LogP contribution is 2.17. The Bertz CT molecular complexity index is 389. The van der Waals surface area contributed by atoms with Gasteiger partial charge in [-0.3, -0.25) is 0 Å². The van der Waals surface area contributed by atoms with Gasteiger partial charge in [-0.25, -0.2) is 0 Å². The third kappa shape index (κ3) is 4.49. The van der Waals surface area contributed by atoms with E-state index in [4.69, 9.17) is 5.73 Å². The van der Waals surface area contributed by atoms with Crippen LogP contribution in [0, 0.1) is 20.8 Å². The molecule has 17 heavy (non-hydrogen) atoms. The van der Waals surface area contributed by atoms with Crippen LogP contribution in [0.3, 0.4) is 0 Å². The van der Waals surface area contributed by atoms with Crippen LogP contribution in [0.15, 0.2) is 12.1 Å². The van der Waals surface area contributed by atoms with E-state index in [0.717, 1.165) is 13.1 Å². The first-order chi connectivity index (χ1) is 7.69. The zero-order valence-electron chi connectivity index (χ0n) is 12.1. The third-order valence-corrected chi connectivity index (χ3v) is 3.07. The lowest BCUT2D eigenvalue weighted by Crippen LogP contribution is -2.43. The summed E-state index contributed by atoms with van der Waals surface area (Å²) in [5.74, 6) is 0. The number of nitrogens with two attached hydrogens (primary N) is 1. The molecule has 0 fully saturated rings. The predicted octanol–water partition coefficient (Wildman–Crippen LogP) is 2.78. The van der Waals surface area contributed by atoms with Crippen molar-refractivity contribution in [3.63, 3.8) is 0 Å². The second kappa shape index (κ2) is 5.19. The van der Waals surface area contributed by atoms with Crippen LogP contribution < -0.4 is 5.73 Å². The smallest absolute Gasteiger partial charge is 0.0234 e. The lowest BCUT2D eigenvalue weighted by Gasteiger charge is -2.27. The summed E-state index contributed by atoms with van der Waals surface area (Å²) in [4.78, 5) is 2.29. The van der Waals surface area contributed by atoms with Crippen LogP contribution in [-0.4, -0.2) is 24.0 Å². The van der Waals surface area contributed by atoms with E-state index >= 15 is 0 Å². The highest BCUT2D eigenvalue weighted by molar-refractivity contribution is 5.36. The molecule has 96 valence electrons. The molecular weight excluding hydrogens is 208 g/mol. The Hall–Kier alpha value is -0.860. The first-order valence-electron chi connectivity index (χ1n) is 6.23. The summed E-state index contributed by atoms with van der Waals surface area (Å²) in [6.45, 7) is 12.5. The van der Waals surface area contributed by atoms with Crippen LogP contribution in [-0.2, 0) is 6.54 Å². The Morgan fingerprint density at radius 3 is 2.12 bits per heavy atom. The van der Waals surface area contributed by atoms with Crippen LogP contribution in [0.5, 0.6) is 0 Å². The molecular formula is C15H26N2. The molecule has 2 heteroatoms. The van der Waals surface area contributed by atoms with E-state index in [1.165, 1.54) is 22.3 Å². The molecule has 0 saturated carbocycles. The summed E-state index contributed by atoms with van der Waals surface area (Å²) in [5, 5.41) is 0. The standard InChI is InChI=1S/C15H26N2/c1-11-7-13(3)14(8-12(11)2)9-17(6)10-15(4,5)16/h7-8H,9-10,16H2,1-6H3. The van der Waals surface area contributed by atoms with Gasteiger partial charge in [-0.2, -0.15) is 0 Å². The second-order valence-electron chi connectivity index (χ2n) is 6.02. The minimum atomic E-state index is -0.137. The fourth-order valence-corrected chi connectivity index (χ4v) is 2.23. The molecule has 0 amide bonds. The van der Waals surface area contributed by atoms with Gasteiger partial charge in [0.2, 0.25) is 0 Å². The fourth-order valence-electron chi connectivity index (χ4n) is 2.23. The van der Waals surface area contributed by atoms with Crippen LogP contribution in [0.25, 0.3) is 0 Å². The van der Waals surface area contributed by atoms with E-state index < -0.39 is 0 Å². The van der Waals surface area contributed by atoms with Gasteiger partial charge in [-0.05, 0) is 63.9 Å². The van der Waals surface area contributed by atoms with Crippen molar-refractivity contribution >= 4 is 0 Å². The molecule has 1 aromatic carbocycles. The number of likely N-dealkylation sites (N-methyl/N-ethyl adjacent to an activating group) is 1. The minimum absolute atomic E-state index is 0.137. The SMILES string of the molecule is Cc1cc(C)c(CN(C)CC(C)(C)N)cc1C. The van der Waals surface area contributed by atoms with E-state index in [9.17, 15) is 0 Å². The molecule has 0 aliphatic heterocycles. The van der Waals surface area contributed by atoms with Crippen molar-refractivity contribution in [2.24, 2.45) is 5.73 Å². The Labute approximate surface area is 106 Å². The summed E-state index contributed by atoms with van der Waals surface area (Å²) < 4.78 is 0. The van der Waals surface area contributed by atoms with Gasteiger partial charge in [0, 0.05) is 18.6 Å². The summed E-state index contributed by atoms with van der Waals surface area (Å²) in [6.07, 6.45) is 0. The Morgan fingerprint density at radius 1 is 1.06 bits per heavy atom. The van der Waals surface area contributed by atoms with Crippen molar-refractivity contribution < 1.29 is 0 Å². The van der Waals surface area contributed by atoms with Crippen molar-refractivity contribution in [3.05, 3.63) is 34.4 Å². The molecule has 1 aromatic rings. The van der Waals surface area contributed by atoms with Gasteiger partial charge in [0.15, 0.2) is 0 Å². The zero-order chi connectivity index (χ0) is 13.2. The number of hydrogen-bond donors (Lipinski definition) is 1. The quantitative estimate of drug-likeness (QED) is 0.868. The van der Waals surface area contributed by atoms with Crippen LogP contribution in [0.2, 0.25) is 0 Å². The number of hydrogen-bond acceptors (Lipinski definition) is 2. The van der Waals surface area contributed by atoms with Crippen molar-refractivity contribution in [1.29, 1.82) is 0 Å². The highest BCUT2D eigenvalue weighted by Gasteiger charge is 2.14. The van der Waals surface area contributed by atoms with Gasteiger partial charge in [0.05, 0.1) is 0 Å². The molecule has 0 bridgehead atoms. The summed E-state index contributed by atoms with van der Waals surface area (Å²) in [5.41, 5.74) is 11.4. The first kappa shape index (κ1) is 14.2. The molecule has 2 nitrogen and oxygen atoms in total. The van der Waals surface area contributed by atoms with Gasteiger partial charge in [0.1, 0.15) is 0 Å². The molecule has 0 aromatic heterocycles. The zero-order valence-corrected chi connectivity index (χ0v) is 12.1. The molecule has 0 saturated heterocycles. The lowest BCUT2D eigenvalue weighted by molar-refractivity contribution is 0.263.